The largest absolute Gasteiger partial charge is 0.511 e. The first-order valence-corrected chi connectivity index (χ1v) is 5.76. The van der Waals surface area contributed by atoms with E-state index in [-0.39, 0.29) is 11.5 Å². The van der Waals surface area contributed by atoms with Crippen LogP contribution in [0.5, 0.6) is 11.5 Å². The standard InChI is InChI=1S/C13H18O4/c1-4-6-10-8(3)7-9(5-2)12(11(10)14)17-13(15)16/h7,14H,4-6H2,1-3H3,(H,15,16). The van der Waals surface area contributed by atoms with Crippen molar-refractivity contribution < 1.29 is 19.7 Å². The van der Waals surface area contributed by atoms with Crippen molar-refractivity contribution in [2.75, 3.05) is 0 Å². The molecule has 0 aliphatic rings. The molecule has 0 fully saturated rings. The first kappa shape index (κ1) is 13.4. The zero-order valence-corrected chi connectivity index (χ0v) is 10.4. The molecule has 0 saturated carbocycles. The van der Waals surface area contributed by atoms with Crippen LogP contribution in [0.1, 0.15) is 37.0 Å². The van der Waals surface area contributed by atoms with Crippen LogP contribution in [0.3, 0.4) is 0 Å². The number of aromatic hydroxyl groups is 1. The van der Waals surface area contributed by atoms with Crippen LogP contribution >= 0.6 is 0 Å². The van der Waals surface area contributed by atoms with Gasteiger partial charge in [0, 0.05) is 5.56 Å². The van der Waals surface area contributed by atoms with Gasteiger partial charge in [-0.1, -0.05) is 26.3 Å². The minimum Gasteiger partial charge on any atom is -0.504 e. The molecule has 0 aromatic heterocycles. The second-order valence-corrected chi connectivity index (χ2v) is 3.98. The molecule has 2 N–H and O–H groups in total. The predicted molar refractivity (Wildman–Crippen MR) is 64.9 cm³/mol. The lowest BCUT2D eigenvalue weighted by atomic mass is 9.98. The Kier molecular flexibility index (Phi) is 4.37. The van der Waals surface area contributed by atoms with Crippen molar-refractivity contribution in [3.05, 3.63) is 22.8 Å². The minimum absolute atomic E-state index is 0.0360. The van der Waals surface area contributed by atoms with E-state index in [0.29, 0.717) is 18.4 Å². The maximum atomic E-state index is 10.6. The van der Waals surface area contributed by atoms with Crippen LogP contribution in [0.4, 0.5) is 4.79 Å². The topological polar surface area (TPSA) is 66.8 Å². The molecular weight excluding hydrogens is 220 g/mol. The smallest absolute Gasteiger partial charge is 0.504 e. The number of hydrogen-bond acceptors (Lipinski definition) is 3. The molecule has 0 heterocycles. The molecule has 0 aliphatic carbocycles. The Bertz CT molecular complexity index is 424. The highest BCUT2D eigenvalue weighted by Crippen LogP contribution is 2.37. The van der Waals surface area contributed by atoms with Gasteiger partial charge in [0.2, 0.25) is 0 Å². The maximum absolute atomic E-state index is 10.6. The van der Waals surface area contributed by atoms with Gasteiger partial charge in [0.1, 0.15) is 0 Å². The summed E-state index contributed by atoms with van der Waals surface area (Å²) < 4.78 is 4.68. The van der Waals surface area contributed by atoms with E-state index in [2.05, 4.69) is 4.74 Å². The van der Waals surface area contributed by atoms with Gasteiger partial charge in [-0.25, -0.2) is 4.79 Å². The van der Waals surface area contributed by atoms with E-state index in [1.165, 1.54) is 0 Å². The summed E-state index contributed by atoms with van der Waals surface area (Å²) in [6, 6.07) is 1.88. The first-order valence-electron chi connectivity index (χ1n) is 5.76. The summed E-state index contributed by atoms with van der Waals surface area (Å²) in [5, 5.41) is 18.7. The van der Waals surface area contributed by atoms with Gasteiger partial charge in [0.05, 0.1) is 0 Å². The molecule has 1 rings (SSSR count). The summed E-state index contributed by atoms with van der Waals surface area (Å²) in [6.07, 6.45) is 0.800. The summed E-state index contributed by atoms with van der Waals surface area (Å²) in [6.45, 7) is 5.81. The fourth-order valence-corrected chi connectivity index (χ4v) is 1.92. The molecule has 4 nitrogen and oxygen atoms in total. The molecule has 0 atom stereocenters. The number of benzene rings is 1. The van der Waals surface area contributed by atoms with Gasteiger partial charge in [-0.15, -0.1) is 0 Å². The number of hydrogen-bond donors (Lipinski definition) is 2. The molecule has 0 bridgehead atoms. The number of ether oxygens (including phenoxy) is 1. The van der Waals surface area contributed by atoms with E-state index in [1.54, 1.807) is 0 Å². The van der Waals surface area contributed by atoms with E-state index < -0.39 is 6.16 Å². The SMILES string of the molecule is CCCc1c(C)cc(CC)c(OC(=O)O)c1O. The summed E-state index contributed by atoms with van der Waals surface area (Å²) in [5.41, 5.74) is 2.45. The zero-order chi connectivity index (χ0) is 13.0. The Hall–Kier alpha value is -1.71. The van der Waals surface area contributed by atoms with E-state index in [4.69, 9.17) is 5.11 Å². The minimum atomic E-state index is -1.40. The second kappa shape index (κ2) is 5.57. The zero-order valence-electron chi connectivity index (χ0n) is 10.4. The van der Waals surface area contributed by atoms with Crippen LogP contribution in [0.2, 0.25) is 0 Å². The van der Waals surface area contributed by atoms with E-state index in [1.807, 2.05) is 26.8 Å². The summed E-state index contributed by atoms with van der Waals surface area (Å²) in [5.74, 6) is 0.0418. The van der Waals surface area contributed by atoms with Gasteiger partial charge < -0.3 is 14.9 Å². The number of phenols is 1. The lowest BCUT2D eigenvalue weighted by molar-refractivity contribution is 0.142. The lowest BCUT2D eigenvalue weighted by Gasteiger charge is -2.15. The summed E-state index contributed by atoms with van der Waals surface area (Å²) in [4.78, 5) is 10.6. The first-order chi connectivity index (χ1) is 8.01. The number of carboxylic acid groups (broad SMARTS) is 1. The third-order valence-electron chi connectivity index (χ3n) is 2.73. The van der Waals surface area contributed by atoms with Gasteiger partial charge in [-0.2, -0.15) is 0 Å². The number of carbonyl (C=O) groups is 1. The van der Waals surface area contributed by atoms with Gasteiger partial charge in [-0.05, 0) is 30.9 Å². The Morgan fingerprint density at radius 2 is 2.06 bits per heavy atom. The lowest BCUT2D eigenvalue weighted by Crippen LogP contribution is -2.07. The van der Waals surface area contributed by atoms with Gasteiger partial charge in [0.25, 0.3) is 0 Å². The van der Waals surface area contributed by atoms with E-state index >= 15 is 0 Å². The summed E-state index contributed by atoms with van der Waals surface area (Å²) in [7, 11) is 0. The van der Waals surface area contributed by atoms with E-state index in [9.17, 15) is 9.90 Å². The van der Waals surface area contributed by atoms with Crippen LogP contribution in [0.25, 0.3) is 0 Å². The van der Waals surface area contributed by atoms with Crippen molar-refractivity contribution >= 4 is 6.16 Å². The third-order valence-corrected chi connectivity index (χ3v) is 2.73. The van der Waals surface area contributed by atoms with Gasteiger partial charge in [-0.3, -0.25) is 0 Å². The molecule has 94 valence electrons. The molecule has 0 radical (unpaired) electrons. The number of phenolic OH excluding ortho intramolecular Hbond substituents is 1. The number of rotatable bonds is 4. The Morgan fingerprint density at radius 1 is 1.41 bits per heavy atom. The molecule has 1 aromatic rings. The van der Waals surface area contributed by atoms with Crippen molar-refractivity contribution in [1.29, 1.82) is 0 Å². The molecule has 0 saturated heterocycles. The normalized spacial score (nSPS) is 10.3. The molecule has 0 amide bonds. The summed E-state index contributed by atoms with van der Waals surface area (Å²) >= 11 is 0. The Labute approximate surface area is 101 Å². The average molecular weight is 238 g/mol. The van der Waals surface area contributed by atoms with Crippen LogP contribution in [-0.4, -0.2) is 16.4 Å². The van der Waals surface area contributed by atoms with Crippen LogP contribution in [-0.2, 0) is 12.8 Å². The second-order valence-electron chi connectivity index (χ2n) is 3.98. The molecule has 0 spiro atoms. The molecule has 17 heavy (non-hydrogen) atoms. The van der Waals surface area contributed by atoms with Crippen molar-refractivity contribution in [2.24, 2.45) is 0 Å². The third kappa shape index (κ3) is 2.90. The van der Waals surface area contributed by atoms with Gasteiger partial charge in [0.15, 0.2) is 11.5 Å². The average Bonchev–Trinajstić information content (AvgIpc) is 2.27. The molecule has 0 unspecified atom stereocenters. The molecule has 1 aromatic carbocycles. The van der Waals surface area contributed by atoms with Crippen molar-refractivity contribution in [3.8, 4) is 11.5 Å². The fourth-order valence-electron chi connectivity index (χ4n) is 1.92. The van der Waals surface area contributed by atoms with Crippen LogP contribution in [0, 0.1) is 6.92 Å². The highest BCUT2D eigenvalue weighted by Gasteiger charge is 2.17. The predicted octanol–water partition coefficient (Wildman–Crippen LogP) is 3.27. The van der Waals surface area contributed by atoms with Crippen LogP contribution < -0.4 is 4.74 Å². The monoisotopic (exact) mass is 238 g/mol. The quantitative estimate of drug-likeness (QED) is 0.624. The highest BCUT2D eigenvalue weighted by molar-refractivity contribution is 5.66. The van der Waals surface area contributed by atoms with Crippen LogP contribution in [0.15, 0.2) is 6.07 Å². The molecular formula is C13H18O4. The number of aryl methyl sites for hydroxylation is 2. The van der Waals surface area contributed by atoms with Crippen molar-refractivity contribution in [3.63, 3.8) is 0 Å². The highest BCUT2D eigenvalue weighted by atomic mass is 16.7. The van der Waals surface area contributed by atoms with E-state index in [0.717, 1.165) is 17.5 Å². The van der Waals surface area contributed by atoms with Crippen molar-refractivity contribution in [2.45, 2.75) is 40.0 Å². The molecule has 0 aliphatic heterocycles. The molecule has 4 heteroatoms. The maximum Gasteiger partial charge on any atom is 0.511 e. The fraction of sp³-hybridized carbons (Fsp3) is 0.462. The Morgan fingerprint density at radius 3 is 2.53 bits per heavy atom. The van der Waals surface area contributed by atoms with Crippen molar-refractivity contribution in [1.82, 2.24) is 0 Å². The van der Waals surface area contributed by atoms with Gasteiger partial charge >= 0.3 is 6.16 Å². The Balaban J connectivity index is 3.32.